The molecule has 1 unspecified atom stereocenters. The predicted molar refractivity (Wildman–Crippen MR) is 85.4 cm³/mol. The molecule has 0 saturated heterocycles. The van der Waals surface area contributed by atoms with Gasteiger partial charge in [0.25, 0.3) is 0 Å². The zero-order valence-electron chi connectivity index (χ0n) is 13.0. The van der Waals surface area contributed by atoms with E-state index in [1.54, 1.807) is 6.20 Å². The largest absolute Gasteiger partial charge is 0.454 e. The first-order valence-electron chi connectivity index (χ1n) is 7.45. The molecule has 3 rings (SSSR count). The highest BCUT2D eigenvalue weighted by atomic mass is 16.5. The van der Waals surface area contributed by atoms with E-state index in [9.17, 15) is 4.79 Å². The van der Waals surface area contributed by atoms with Crippen molar-refractivity contribution in [3.05, 3.63) is 36.3 Å². The van der Waals surface area contributed by atoms with E-state index in [1.807, 2.05) is 24.3 Å². The quantitative estimate of drug-likeness (QED) is 0.744. The Balaban J connectivity index is 2.09. The van der Waals surface area contributed by atoms with Crippen LogP contribution in [0, 0.1) is 5.92 Å². The van der Waals surface area contributed by atoms with Crippen LogP contribution in [0.2, 0.25) is 0 Å². The lowest BCUT2D eigenvalue weighted by molar-refractivity contribution is -0.147. The average molecular weight is 297 g/mol. The molecule has 0 aliphatic rings. The van der Waals surface area contributed by atoms with Gasteiger partial charge in [-0.1, -0.05) is 32.0 Å². The van der Waals surface area contributed by atoms with E-state index >= 15 is 0 Å². The van der Waals surface area contributed by atoms with Gasteiger partial charge in [-0.2, -0.15) is 0 Å². The van der Waals surface area contributed by atoms with Crippen molar-refractivity contribution in [2.75, 3.05) is 0 Å². The zero-order valence-corrected chi connectivity index (χ0v) is 13.0. The number of aromatic amines is 1. The van der Waals surface area contributed by atoms with Crippen LogP contribution in [0.1, 0.15) is 39.1 Å². The molecule has 0 fully saturated rings. The lowest BCUT2D eigenvalue weighted by atomic mass is 10.1. The highest BCUT2D eigenvalue weighted by Crippen LogP contribution is 2.28. The molecular weight excluding hydrogens is 278 g/mol. The van der Waals surface area contributed by atoms with Crippen LogP contribution < -0.4 is 0 Å². The summed E-state index contributed by atoms with van der Waals surface area (Å²) in [7, 11) is 0. The van der Waals surface area contributed by atoms with Crippen LogP contribution in [0.3, 0.4) is 0 Å². The van der Waals surface area contributed by atoms with Gasteiger partial charge in [-0.05, 0) is 18.4 Å². The van der Waals surface area contributed by atoms with Gasteiger partial charge in [0.15, 0.2) is 6.10 Å². The van der Waals surface area contributed by atoms with Crippen LogP contribution in [0.15, 0.2) is 30.5 Å². The third kappa shape index (κ3) is 2.79. The minimum atomic E-state index is -0.358. The number of aromatic nitrogens is 3. The molecule has 1 atom stereocenters. The molecule has 114 valence electrons. The molecule has 2 aromatic heterocycles. The van der Waals surface area contributed by atoms with E-state index in [1.165, 1.54) is 6.92 Å². The minimum Gasteiger partial charge on any atom is -0.454 e. The van der Waals surface area contributed by atoms with Crippen LogP contribution in [-0.4, -0.2) is 20.9 Å². The van der Waals surface area contributed by atoms with Crippen molar-refractivity contribution in [2.24, 2.45) is 5.92 Å². The first kappa shape index (κ1) is 14.5. The minimum absolute atomic E-state index is 0.297. The summed E-state index contributed by atoms with van der Waals surface area (Å²) in [5, 5.41) is 0.994. The summed E-state index contributed by atoms with van der Waals surface area (Å²) in [6.07, 6.45) is 2.14. The molecule has 5 heteroatoms. The molecule has 22 heavy (non-hydrogen) atoms. The average Bonchev–Trinajstić information content (AvgIpc) is 2.90. The Morgan fingerprint density at radius 3 is 2.82 bits per heavy atom. The van der Waals surface area contributed by atoms with Crippen LogP contribution in [0.25, 0.3) is 21.9 Å². The summed E-state index contributed by atoms with van der Waals surface area (Å²) in [6, 6.07) is 7.88. The van der Waals surface area contributed by atoms with Crippen LogP contribution in [-0.2, 0) is 9.53 Å². The molecule has 0 aliphatic heterocycles. The standard InChI is InChI=1S/C17H19N3O2/c1-10(2)8-15(22-11(3)21)17-19-14-9-18-13-7-5-4-6-12(13)16(14)20-17/h4-7,9-10,15H,8H2,1-3H3,(H,19,20). The Bertz CT molecular complexity index is 823. The monoisotopic (exact) mass is 297 g/mol. The second kappa shape index (κ2) is 5.75. The van der Waals surface area contributed by atoms with Crippen molar-refractivity contribution in [1.29, 1.82) is 0 Å². The first-order chi connectivity index (χ1) is 10.5. The highest BCUT2D eigenvalue weighted by Gasteiger charge is 2.21. The van der Waals surface area contributed by atoms with Crippen molar-refractivity contribution in [3.8, 4) is 0 Å². The predicted octanol–water partition coefficient (Wildman–Crippen LogP) is 3.76. The maximum Gasteiger partial charge on any atom is 0.303 e. The number of hydrogen-bond acceptors (Lipinski definition) is 4. The van der Waals surface area contributed by atoms with Crippen molar-refractivity contribution in [2.45, 2.75) is 33.3 Å². The van der Waals surface area contributed by atoms with E-state index in [2.05, 4.69) is 28.8 Å². The first-order valence-corrected chi connectivity index (χ1v) is 7.45. The van der Waals surface area contributed by atoms with E-state index in [-0.39, 0.29) is 12.1 Å². The van der Waals surface area contributed by atoms with E-state index < -0.39 is 0 Å². The van der Waals surface area contributed by atoms with Crippen LogP contribution in [0.5, 0.6) is 0 Å². The van der Waals surface area contributed by atoms with Gasteiger partial charge in [0.2, 0.25) is 0 Å². The van der Waals surface area contributed by atoms with Gasteiger partial charge in [-0.15, -0.1) is 0 Å². The fraction of sp³-hybridized carbons (Fsp3) is 0.353. The van der Waals surface area contributed by atoms with Crippen molar-refractivity contribution in [3.63, 3.8) is 0 Å². The molecule has 3 aromatic rings. The molecule has 2 heterocycles. The topological polar surface area (TPSA) is 67.9 Å². The maximum absolute atomic E-state index is 11.4. The van der Waals surface area contributed by atoms with Gasteiger partial charge in [-0.25, -0.2) is 4.98 Å². The number of fused-ring (bicyclic) bond motifs is 3. The summed E-state index contributed by atoms with van der Waals surface area (Å²) in [4.78, 5) is 23.7. The van der Waals surface area contributed by atoms with Gasteiger partial charge in [-0.3, -0.25) is 9.78 Å². The third-order valence-corrected chi connectivity index (χ3v) is 3.54. The number of benzene rings is 1. The fourth-order valence-corrected chi connectivity index (χ4v) is 2.62. The Labute approximate surface area is 128 Å². The number of carbonyl (C=O) groups is 1. The number of carbonyl (C=O) groups excluding carboxylic acids is 1. The van der Waals surface area contributed by atoms with Gasteiger partial charge in [0, 0.05) is 12.3 Å². The normalized spacial score (nSPS) is 12.9. The summed E-state index contributed by atoms with van der Waals surface area (Å²) < 4.78 is 5.44. The summed E-state index contributed by atoms with van der Waals surface area (Å²) in [6.45, 7) is 5.61. The molecule has 0 spiro atoms. The molecule has 0 amide bonds. The summed E-state index contributed by atoms with van der Waals surface area (Å²) >= 11 is 0. The number of para-hydroxylation sites is 1. The smallest absolute Gasteiger partial charge is 0.303 e. The maximum atomic E-state index is 11.4. The third-order valence-electron chi connectivity index (χ3n) is 3.54. The number of imidazole rings is 1. The molecule has 0 radical (unpaired) electrons. The number of rotatable bonds is 4. The molecule has 0 aliphatic carbocycles. The summed E-state index contributed by atoms with van der Waals surface area (Å²) in [5.41, 5.74) is 2.62. The number of H-pyrrole nitrogens is 1. The number of esters is 1. The van der Waals surface area contributed by atoms with Crippen LogP contribution in [0.4, 0.5) is 0 Å². The van der Waals surface area contributed by atoms with Gasteiger partial charge in [0.05, 0.1) is 22.7 Å². The lowest BCUT2D eigenvalue weighted by Gasteiger charge is -2.16. The van der Waals surface area contributed by atoms with E-state index in [0.717, 1.165) is 28.4 Å². The fourth-order valence-electron chi connectivity index (χ4n) is 2.62. The second-order valence-corrected chi connectivity index (χ2v) is 5.89. The Morgan fingerprint density at radius 1 is 1.32 bits per heavy atom. The van der Waals surface area contributed by atoms with Crippen LogP contribution >= 0.6 is 0 Å². The van der Waals surface area contributed by atoms with E-state index in [4.69, 9.17) is 4.74 Å². The number of ether oxygens (including phenoxy) is 1. The molecule has 0 saturated carbocycles. The highest BCUT2D eigenvalue weighted by molar-refractivity contribution is 6.01. The number of nitrogens with zero attached hydrogens (tertiary/aromatic N) is 2. The van der Waals surface area contributed by atoms with Gasteiger partial charge in [0.1, 0.15) is 5.82 Å². The number of hydrogen-bond donors (Lipinski definition) is 1. The molecule has 1 aromatic carbocycles. The Hall–Kier alpha value is -2.43. The molecular formula is C17H19N3O2. The molecule has 0 bridgehead atoms. The molecule has 5 nitrogen and oxygen atoms in total. The SMILES string of the molecule is CC(=O)OC(CC(C)C)c1nc2c(cnc3ccccc32)[nH]1. The number of pyridine rings is 1. The van der Waals surface area contributed by atoms with E-state index in [0.29, 0.717) is 11.7 Å². The van der Waals surface area contributed by atoms with Crippen molar-refractivity contribution < 1.29 is 9.53 Å². The number of nitrogens with one attached hydrogen (secondary N) is 1. The Morgan fingerprint density at radius 2 is 2.09 bits per heavy atom. The molecule has 1 N–H and O–H groups in total. The lowest BCUT2D eigenvalue weighted by Crippen LogP contribution is -2.12. The van der Waals surface area contributed by atoms with Gasteiger partial charge < -0.3 is 9.72 Å². The van der Waals surface area contributed by atoms with Crippen molar-refractivity contribution >= 4 is 27.9 Å². The summed E-state index contributed by atoms with van der Waals surface area (Å²) in [5.74, 6) is 0.776. The Kier molecular flexibility index (Phi) is 3.79. The second-order valence-electron chi connectivity index (χ2n) is 5.89. The van der Waals surface area contributed by atoms with Gasteiger partial charge >= 0.3 is 5.97 Å². The van der Waals surface area contributed by atoms with Crippen molar-refractivity contribution in [1.82, 2.24) is 15.0 Å². The zero-order chi connectivity index (χ0) is 15.7.